The molecule has 0 saturated carbocycles. The standard InChI is InChI=1S/C29H39FN4O2S/c1-20(2)33-16-5-6-23(15-19-33)34-17-13-21(14-18-34)25-11-12-26-28(27(25)30)32(3)29(31-26)22-7-9-24(10-8-22)37(4,35)36/h7-12,20-21,23H,5-6,13-19H2,1-4H3. The molecule has 200 valence electrons. The van der Waals surface area contributed by atoms with Gasteiger partial charge in [-0.15, -0.1) is 0 Å². The first-order valence-corrected chi connectivity index (χ1v) is 15.5. The Morgan fingerprint density at radius 1 is 0.946 bits per heavy atom. The first-order valence-electron chi connectivity index (χ1n) is 13.6. The number of fused-ring (bicyclic) bond motifs is 1. The predicted octanol–water partition coefficient (Wildman–Crippen LogP) is 5.23. The maximum atomic E-state index is 15.9. The first-order chi connectivity index (χ1) is 17.6. The highest BCUT2D eigenvalue weighted by molar-refractivity contribution is 7.90. The van der Waals surface area contributed by atoms with E-state index in [1.165, 1.54) is 38.6 Å². The summed E-state index contributed by atoms with van der Waals surface area (Å²) >= 11 is 0. The van der Waals surface area contributed by atoms with Crippen molar-refractivity contribution >= 4 is 20.9 Å². The molecule has 0 N–H and O–H groups in total. The van der Waals surface area contributed by atoms with Crippen molar-refractivity contribution in [2.45, 2.75) is 68.8 Å². The van der Waals surface area contributed by atoms with Crippen LogP contribution in [-0.4, -0.2) is 72.3 Å². The second-order valence-corrected chi connectivity index (χ2v) is 13.2. The molecule has 2 aliphatic rings. The molecule has 0 spiro atoms. The van der Waals surface area contributed by atoms with Crippen LogP contribution < -0.4 is 0 Å². The zero-order valence-corrected chi connectivity index (χ0v) is 23.3. The number of piperidine rings is 1. The van der Waals surface area contributed by atoms with E-state index in [0.29, 0.717) is 28.9 Å². The smallest absolute Gasteiger partial charge is 0.175 e. The lowest BCUT2D eigenvalue weighted by atomic mass is 9.87. The SMILES string of the molecule is CC(C)N1CCCC(N2CCC(c3ccc4nc(-c5ccc(S(C)(=O)=O)cc5)n(C)c4c3F)CC2)CC1. The highest BCUT2D eigenvalue weighted by Crippen LogP contribution is 2.36. The number of hydrogen-bond donors (Lipinski definition) is 0. The molecule has 3 heterocycles. The molecule has 3 aromatic rings. The average molecular weight is 527 g/mol. The Bertz CT molecular complexity index is 1360. The third-order valence-corrected chi connectivity index (χ3v) is 9.62. The minimum Gasteiger partial charge on any atom is -0.325 e. The fraction of sp³-hybridized carbons (Fsp3) is 0.552. The molecule has 1 unspecified atom stereocenters. The molecule has 0 radical (unpaired) electrons. The summed E-state index contributed by atoms with van der Waals surface area (Å²) in [6.45, 7) is 9.00. The topological polar surface area (TPSA) is 58.4 Å². The Morgan fingerprint density at radius 3 is 2.30 bits per heavy atom. The number of likely N-dealkylation sites (tertiary alicyclic amines) is 2. The van der Waals surface area contributed by atoms with E-state index < -0.39 is 9.84 Å². The van der Waals surface area contributed by atoms with Gasteiger partial charge in [0, 0.05) is 31.0 Å². The molecule has 8 heteroatoms. The molecule has 0 bridgehead atoms. The van der Waals surface area contributed by atoms with E-state index in [9.17, 15) is 8.42 Å². The summed E-state index contributed by atoms with van der Waals surface area (Å²) in [6, 6.07) is 11.7. The normalized spacial score (nSPS) is 21.1. The fourth-order valence-electron chi connectivity index (χ4n) is 6.26. The number of rotatable bonds is 5. The van der Waals surface area contributed by atoms with Crippen LogP contribution in [0.15, 0.2) is 41.3 Å². The Balaban J connectivity index is 1.32. The van der Waals surface area contributed by atoms with Crippen molar-refractivity contribution in [3.63, 3.8) is 0 Å². The van der Waals surface area contributed by atoms with Crippen LogP contribution in [0.5, 0.6) is 0 Å². The van der Waals surface area contributed by atoms with Crippen LogP contribution in [0.2, 0.25) is 0 Å². The van der Waals surface area contributed by atoms with Gasteiger partial charge < -0.3 is 14.4 Å². The maximum absolute atomic E-state index is 15.9. The van der Waals surface area contributed by atoms with Gasteiger partial charge in [0.25, 0.3) is 0 Å². The van der Waals surface area contributed by atoms with E-state index >= 15 is 4.39 Å². The molecule has 2 aromatic carbocycles. The number of aryl methyl sites for hydroxylation is 1. The summed E-state index contributed by atoms with van der Waals surface area (Å²) in [4.78, 5) is 10.2. The number of hydrogen-bond acceptors (Lipinski definition) is 5. The Kier molecular flexibility index (Phi) is 7.44. The molecule has 0 amide bonds. The number of imidazole rings is 1. The number of sulfone groups is 1. The van der Waals surface area contributed by atoms with E-state index in [1.54, 1.807) is 28.8 Å². The Labute approximate surface area is 220 Å². The lowest BCUT2D eigenvalue weighted by molar-refractivity contribution is 0.135. The van der Waals surface area contributed by atoms with Gasteiger partial charge in [-0.1, -0.05) is 6.07 Å². The van der Waals surface area contributed by atoms with E-state index in [4.69, 9.17) is 0 Å². The molecular weight excluding hydrogens is 487 g/mol. The van der Waals surface area contributed by atoms with Gasteiger partial charge in [0.1, 0.15) is 11.3 Å². The first kappa shape index (κ1) is 26.3. The van der Waals surface area contributed by atoms with Gasteiger partial charge in [-0.05, 0) is 114 Å². The van der Waals surface area contributed by atoms with Crippen LogP contribution in [0.3, 0.4) is 0 Å². The highest BCUT2D eigenvalue weighted by Gasteiger charge is 2.30. The Hall–Kier alpha value is -2.29. The third-order valence-electron chi connectivity index (χ3n) is 8.49. The Morgan fingerprint density at radius 2 is 1.65 bits per heavy atom. The quantitative estimate of drug-likeness (QED) is 0.456. The van der Waals surface area contributed by atoms with Gasteiger partial charge in [0.15, 0.2) is 15.7 Å². The van der Waals surface area contributed by atoms with Gasteiger partial charge in [0.05, 0.1) is 10.4 Å². The molecule has 1 aromatic heterocycles. The maximum Gasteiger partial charge on any atom is 0.175 e. The molecule has 2 fully saturated rings. The summed E-state index contributed by atoms with van der Waals surface area (Å²) in [7, 11) is -1.44. The summed E-state index contributed by atoms with van der Waals surface area (Å²) in [5.74, 6) is 0.669. The highest BCUT2D eigenvalue weighted by atomic mass is 32.2. The van der Waals surface area contributed by atoms with Crippen molar-refractivity contribution in [2.24, 2.45) is 7.05 Å². The van der Waals surface area contributed by atoms with Crippen molar-refractivity contribution in [3.8, 4) is 11.4 Å². The number of benzene rings is 2. The van der Waals surface area contributed by atoms with Crippen LogP contribution in [-0.2, 0) is 16.9 Å². The molecule has 5 rings (SSSR count). The van der Waals surface area contributed by atoms with Gasteiger partial charge in [0.2, 0.25) is 0 Å². The third kappa shape index (κ3) is 5.33. The van der Waals surface area contributed by atoms with E-state index in [0.717, 1.165) is 37.1 Å². The molecule has 37 heavy (non-hydrogen) atoms. The van der Waals surface area contributed by atoms with Crippen LogP contribution in [0.4, 0.5) is 4.39 Å². The van der Waals surface area contributed by atoms with Crippen LogP contribution >= 0.6 is 0 Å². The van der Waals surface area contributed by atoms with E-state index in [2.05, 4.69) is 28.6 Å². The molecule has 2 saturated heterocycles. The summed E-state index contributed by atoms with van der Waals surface area (Å²) < 4.78 is 41.3. The second kappa shape index (κ2) is 10.5. The zero-order valence-electron chi connectivity index (χ0n) is 22.5. The molecule has 2 aliphatic heterocycles. The van der Waals surface area contributed by atoms with E-state index in [-0.39, 0.29) is 16.6 Å². The van der Waals surface area contributed by atoms with Crippen molar-refractivity contribution in [2.75, 3.05) is 32.4 Å². The van der Waals surface area contributed by atoms with E-state index in [1.807, 2.05) is 19.2 Å². The van der Waals surface area contributed by atoms with Gasteiger partial charge >= 0.3 is 0 Å². The molecular formula is C29H39FN4O2S. The summed E-state index contributed by atoms with van der Waals surface area (Å²) in [6.07, 6.45) is 6.89. The van der Waals surface area contributed by atoms with Crippen LogP contribution in [0, 0.1) is 5.82 Å². The number of aromatic nitrogens is 2. The summed E-state index contributed by atoms with van der Waals surface area (Å²) in [5, 5.41) is 0. The average Bonchev–Trinajstić information content (AvgIpc) is 3.03. The van der Waals surface area contributed by atoms with Crippen molar-refractivity contribution in [1.82, 2.24) is 19.4 Å². The van der Waals surface area contributed by atoms with Crippen molar-refractivity contribution < 1.29 is 12.8 Å². The van der Waals surface area contributed by atoms with Crippen molar-refractivity contribution in [1.29, 1.82) is 0 Å². The zero-order chi connectivity index (χ0) is 26.3. The minimum atomic E-state index is -3.27. The number of halogens is 1. The largest absolute Gasteiger partial charge is 0.325 e. The second-order valence-electron chi connectivity index (χ2n) is 11.2. The molecule has 1 atom stereocenters. The fourth-order valence-corrected chi connectivity index (χ4v) is 6.89. The monoisotopic (exact) mass is 526 g/mol. The predicted molar refractivity (Wildman–Crippen MR) is 147 cm³/mol. The lowest BCUT2D eigenvalue weighted by Crippen LogP contribution is -2.41. The number of nitrogens with zero attached hydrogens (tertiary/aromatic N) is 4. The van der Waals surface area contributed by atoms with Crippen LogP contribution in [0.1, 0.15) is 57.4 Å². The minimum absolute atomic E-state index is 0.174. The summed E-state index contributed by atoms with van der Waals surface area (Å²) in [5.41, 5.74) is 2.69. The van der Waals surface area contributed by atoms with Crippen molar-refractivity contribution in [3.05, 3.63) is 47.8 Å². The van der Waals surface area contributed by atoms with Gasteiger partial charge in [-0.2, -0.15) is 0 Å². The van der Waals surface area contributed by atoms with Crippen LogP contribution in [0.25, 0.3) is 22.4 Å². The lowest BCUT2D eigenvalue weighted by Gasteiger charge is -2.37. The molecule has 6 nitrogen and oxygen atoms in total. The van der Waals surface area contributed by atoms with Gasteiger partial charge in [-0.25, -0.2) is 17.8 Å². The van der Waals surface area contributed by atoms with Gasteiger partial charge in [-0.3, -0.25) is 0 Å². The molecule has 0 aliphatic carbocycles.